The summed E-state index contributed by atoms with van der Waals surface area (Å²) < 4.78 is 0. The fourth-order valence-electron chi connectivity index (χ4n) is 5.73. The summed E-state index contributed by atoms with van der Waals surface area (Å²) in [6.07, 6.45) is -1.68. The van der Waals surface area contributed by atoms with Gasteiger partial charge < -0.3 is 31.3 Å². The highest BCUT2D eigenvalue weighted by molar-refractivity contribution is 6.24. The van der Waals surface area contributed by atoms with Crippen LogP contribution in [0.2, 0.25) is 0 Å². The van der Waals surface area contributed by atoms with Crippen LogP contribution in [0.15, 0.2) is 34.2 Å². The molecule has 3 aliphatic carbocycles. The first-order valence-electron chi connectivity index (χ1n) is 10.6. The molecule has 1 aromatic rings. The van der Waals surface area contributed by atoms with Crippen LogP contribution in [0, 0.1) is 11.8 Å². The molecule has 0 aromatic heterocycles. The van der Waals surface area contributed by atoms with E-state index in [9.17, 15) is 39.9 Å². The number of ketones is 2. The van der Waals surface area contributed by atoms with Crippen molar-refractivity contribution in [2.75, 3.05) is 14.1 Å². The maximum atomic E-state index is 13.8. The topological polar surface area (TPSA) is 230 Å². The van der Waals surface area contributed by atoms with E-state index in [0.717, 1.165) is 0 Å². The minimum Gasteiger partial charge on any atom is -0.508 e. The van der Waals surface area contributed by atoms with Gasteiger partial charge in [0.2, 0.25) is 5.78 Å². The number of aliphatic hydroxyl groups excluding tert-OH is 3. The number of rotatable bonds is 3. The van der Waals surface area contributed by atoms with Crippen molar-refractivity contribution < 1.29 is 39.9 Å². The van der Waals surface area contributed by atoms with Crippen molar-refractivity contribution in [1.29, 1.82) is 0 Å². The highest BCUT2D eigenvalue weighted by Gasteiger charge is 2.68. The van der Waals surface area contributed by atoms with E-state index in [-0.39, 0.29) is 11.3 Å². The molecule has 13 heteroatoms. The minimum atomic E-state index is -2.98. The number of primary amides is 1. The Morgan fingerprint density at radius 1 is 1.23 bits per heavy atom. The zero-order chi connectivity index (χ0) is 26.1. The largest absolute Gasteiger partial charge is 0.508 e. The first-order chi connectivity index (χ1) is 16.3. The summed E-state index contributed by atoms with van der Waals surface area (Å²) in [4.78, 5) is 42.8. The number of nitrogens with two attached hydrogens (primary N) is 1. The molecule has 0 aliphatic heterocycles. The van der Waals surface area contributed by atoms with Crippen LogP contribution in [-0.4, -0.2) is 79.7 Å². The van der Waals surface area contributed by atoms with Gasteiger partial charge in [0.05, 0.1) is 29.3 Å². The minimum absolute atomic E-state index is 0.237. The first-order valence-corrected chi connectivity index (χ1v) is 10.6. The Hall–Kier alpha value is -3.90. The van der Waals surface area contributed by atoms with E-state index in [0.29, 0.717) is 5.56 Å². The monoisotopic (exact) mass is 485 g/mol. The Morgan fingerprint density at radius 3 is 2.40 bits per heavy atom. The molecule has 184 valence electrons. The normalized spacial score (nSPS) is 32.1. The SMILES string of the molecule is C[C@H]1c2ccc(N=[N+]=[N-])c(O)c2C(O)=C2C(=O)[C@]3(O)C(O)=C(C(N)=O)C(=O)[C@@H](N(C)C)[C@@H]3[C@@H](O)[C@@H]21. The Morgan fingerprint density at radius 2 is 1.86 bits per heavy atom. The van der Waals surface area contributed by atoms with Crippen molar-refractivity contribution in [2.24, 2.45) is 22.7 Å². The molecular formula is C22H23N5O8. The van der Waals surface area contributed by atoms with Crippen LogP contribution in [-0.2, 0) is 14.4 Å². The maximum absolute atomic E-state index is 13.8. The number of fused-ring (bicyclic) bond motifs is 3. The zero-order valence-corrected chi connectivity index (χ0v) is 18.9. The van der Waals surface area contributed by atoms with E-state index in [4.69, 9.17) is 11.3 Å². The summed E-state index contributed by atoms with van der Waals surface area (Å²) in [6, 6.07) is 1.33. The van der Waals surface area contributed by atoms with Crippen LogP contribution in [0.3, 0.4) is 0 Å². The molecule has 0 radical (unpaired) electrons. The second kappa shape index (κ2) is 7.82. The zero-order valence-electron chi connectivity index (χ0n) is 18.9. The van der Waals surface area contributed by atoms with Crippen molar-refractivity contribution in [2.45, 2.75) is 30.6 Å². The molecule has 1 amide bonds. The van der Waals surface area contributed by atoms with Crippen LogP contribution >= 0.6 is 0 Å². The number of azide groups is 1. The van der Waals surface area contributed by atoms with Crippen LogP contribution in [0.5, 0.6) is 5.75 Å². The number of benzene rings is 1. The summed E-state index contributed by atoms with van der Waals surface area (Å²) >= 11 is 0. The molecular weight excluding hydrogens is 462 g/mol. The smallest absolute Gasteiger partial charge is 0.255 e. The Balaban J connectivity index is 2.07. The van der Waals surface area contributed by atoms with Gasteiger partial charge in [0.15, 0.2) is 11.4 Å². The summed E-state index contributed by atoms with van der Waals surface area (Å²) in [5, 5.41) is 58.9. The Labute approximate surface area is 198 Å². The maximum Gasteiger partial charge on any atom is 0.255 e. The second-order valence-corrected chi connectivity index (χ2v) is 9.14. The number of hydrogen-bond donors (Lipinski definition) is 6. The van der Waals surface area contributed by atoms with Crippen molar-refractivity contribution in [3.63, 3.8) is 0 Å². The number of carbonyl (C=O) groups is 3. The summed E-state index contributed by atoms with van der Waals surface area (Å²) in [6.45, 7) is 1.60. The summed E-state index contributed by atoms with van der Waals surface area (Å²) in [7, 11) is 2.86. The molecule has 13 nitrogen and oxygen atoms in total. The number of aromatic hydroxyl groups is 1. The standard InChI is InChI=1S/C22H23N5O8/c1-6-7-4-5-8(25-26-24)15(28)10(7)16(29)11-9(6)17(30)13-14(27(2)3)18(31)12(21(23)34)20(33)22(13,35)19(11)32/h4-6,9,13-14,17,28-30,33,35H,1-3H3,(H2,23,34)/t6-,9+,13+,14-,17-,22-/m0/s1. The number of aliphatic hydroxyl groups is 4. The molecule has 0 bridgehead atoms. The average Bonchev–Trinajstić information content (AvgIpc) is 2.77. The van der Waals surface area contributed by atoms with Gasteiger partial charge in [-0.1, -0.05) is 18.1 Å². The van der Waals surface area contributed by atoms with E-state index < -0.39 is 81.4 Å². The molecule has 7 N–H and O–H groups in total. The quantitative estimate of drug-likeness (QED) is 0.151. The van der Waals surface area contributed by atoms with Crippen LogP contribution in [0.25, 0.3) is 16.2 Å². The number of phenolic OH excluding ortho intramolecular Hbond substituents is 1. The van der Waals surface area contributed by atoms with Crippen molar-refractivity contribution in [3.05, 3.63) is 50.6 Å². The predicted octanol–water partition coefficient (Wildman–Crippen LogP) is 0.438. The van der Waals surface area contributed by atoms with Gasteiger partial charge in [-0.3, -0.25) is 19.3 Å². The molecule has 35 heavy (non-hydrogen) atoms. The molecule has 1 saturated carbocycles. The fraction of sp³-hybridized carbons (Fsp3) is 0.409. The predicted molar refractivity (Wildman–Crippen MR) is 119 cm³/mol. The lowest BCUT2D eigenvalue weighted by molar-refractivity contribution is -0.169. The number of nitrogens with zero attached hydrogens (tertiary/aromatic N) is 4. The molecule has 0 heterocycles. The number of hydrogen-bond acceptors (Lipinski definition) is 10. The number of likely N-dealkylation sites (N-methyl/N-ethyl adjacent to an activating group) is 1. The lowest BCUT2D eigenvalue weighted by atomic mass is 9.54. The van der Waals surface area contributed by atoms with Gasteiger partial charge in [0.1, 0.15) is 22.8 Å². The van der Waals surface area contributed by atoms with Gasteiger partial charge >= 0.3 is 0 Å². The third-order valence-electron chi connectivity index (χ3n) is 7.26. The highest BCUT2D eigenvalue weighted by atomic mass is 16.4. The van der Waals surface area contributed by atoms with Gasteiger partial charge in [-0.15, -0.1) is 0 Å². The van der Waals surface area contributed by atoms with Gasteiger partial charge in [-0.25, -0.2) is 0 Å². The van der Waals surface area contributed by atoms with Gasteiger partial charge in [0, 0.05) is 16.4 Å². The molecule has 1 fully saturated rings. The lowest BCUT2D eigenvalue weighted by Gasteiger charge is -2.53. The molecule has 6 atom stereocenters. The average molecular weight is 485 g/mol. The van der Waals surface area contributed by atoms with Crippen molar-refractivity contribution in [1.82, 2.24) is 4.90 Å². The lowest BCUT2D eigenvalue weighted by Crippen LogP contribution is -2.70. The van der Waals surface area contributed by atoms with E-state index in [1.54, 1.807) is 6.92 Å². The van der Waals surface area contributed by atoms with E-state index in [1.165, 1.54) is 31.1 Å². The molecule has 0 spiro atoms. The number of carbonyl (C=O) groups excluding carboxylic acids is 3. The van der Waals surface area contributed by atoms with Crippen molar-refractivity contribution >= 4 is 28.9 Å². The van der Waals surface area contributed by atoms with E-state index >= 15 is 0 Å². The molecule has 0 unspecified atom stereocenters. The number of amides is 1. The second-order valence-electron chi connectivity index (χ2n) is 9.14. The number of phenols is 1. The third kappa shape index (κ3) is 2.93. The third-order valence-corrected chi connectivity index (χ3v) is 7.26. The first kappa shape index (κ1) is 24.2. The Bertz CT molecular complexity index is 1310. The summed E-state index contributed by atoms with van der Waals surface area (Å²) in [5.41, 5.74) is 9.33. The summed E-state index contributed by atoms with van der Waals surface area (Å²) in [5.74, 6) is -9.90. The van der Waals surface area contributed by atoms with Gasteiger partial charge in [0.25, 0.3) is 5.91 Å². The molecule has 4 rings (SSSR count). The fourth-order valence-corrected chi connectivity index (χ4v) is 5.73. The van der Waals surface area contributed by atoms with E-state index in [1.807, 2.05) is 0 Å². The van der Waals surface area contributed by atoms with Gasteiger partial charge in [-0.2, -0.15) is 0 Å². The number of Topliss-reactive ketones (excluding diaryl/α,β-unsaturated/α-hetero) is 2. The molecule has 1 aromatic carbocycles. The van der Waals surface area contributed by atoms with Crippen LogP contribution in [0.4, 0.5) is 5.69 Å². The van der Waals surface area contributed by atoms with Crippen molar-refractivity contribution in [3.8, 4) is 5.75 Å². The highest BCUT2D eigenvalue weighted by Crippen LogP contribution is 2.56. The van der Waals surface area contributed by atoms with Crippen LogP contribution in [0.1, 0.15) is 24.0 Å². The van der Waals surface area contributed by atoms with E-state index in [2.05, 4.69) is 10.0 Å². The van der Waals surface area contributed by atoms with Crippen LogP contribution < -0.4 is 5.73 Å². The van der Waals surface area contributed by atoms with Gasteiger partial charge in [-0.05, 0) is 37.2 Å². The Kier molecular flexibility index (Phi) is 5.41. The molecule has 0 saturated heterocycles. The molecule has 3 aliphatic rings.